The van der Waals surface area contributed by atoms with Crippen molar-refractivity contribution in [3.63, 3.8) is 0 Å². The molecule has 0 unspecified atom stereocenters. The molecule has 0 spiro atoms. The molecule has 1 amide bonds. The van der Waals surface area contributed by atoms with E-state index >= 15 is 0 Å². The number of nitrogens with one attached hydrogen (secondary N) is 2. The highest BCUT2D eigenvalue weighted by molar-refractivity contribution is 6.04. The third kappa shape index (κ3) is 3.97. The van der Waals surface area contributed by atoms with Crippen LogP contribution in [0.1, 0.15) is 10.4 Å². The zero-order chi connectivity index (χ0) is 19.5. The highest BCUT2D eigenvalue weighted by atomic mass is 16.1. The molecule has 3 aromatic rings. The van der Waals surface area contributed by atoms with Crippen LogP contribution in [0.5, 0.6) is 0 Å². The SMILES string of the molecule is CN1CCN(CCNc2ccc(-c3nc4cccc(C(N)=O)c4[nH]3)cn2)CC1. The van der Waals surface area contributed by atoms with Crippen LogP contribution in [0.4, 0.5) is 5.82 Å². The molecular formula is C20H25N7O. The normalized spacial score (nSPS) is 15.8. The van der Waals surface area contributed by atoms with Crippen molar-refractivity contribution < 1.29 is 4.79 Å². The number of amides is 1. The molecule has 1 fully saturated rings. The van der Waals surface area contributed by atoms with Crippen molar-refractivity contribution >= 4 is 22.8 Å². The molecule has 3 heterocycles. The summed E-state index contributed by atoms with van der Waals surface area (Å²) in [6, 6.07) is 9.23. The van der Waals surface area contributed by atoms with Gasteiger partial charge in [-0.2, -0.15) is 0 Å². The third-order valence-corrected chi connectivity index (χ3v) is 5.15. The van der Waals surface area contributed by atoms with Crippen LogP contribution < -0.4 is 11.1 Å². The molecule has 28 heavy (non-hydrogen) atoms. The number of imidazole rings is 1. The molecule has 0 radical (unpaired) electrons. The number of primary amides is 1. The number of aromatic amines is 1. The Labute approximate surface area is 163 Å². The van der Waals surface area contributed by atoms with E-state index in [9.17, 15) is 4.79 Å². The lowest BCUT2D eigenvalue weighted by Gasteiger charge is -2.32. The van der Waals surface area contributed by atoms with Gasteiger partial charge >= 0.3 is 0 Å². The zero-order valence-electron chi connectivity index (χ0n) is 16.0. The lowest BCUT2D eigenvalue weighted by Crippen LogP contribution is -2.45. The zero-order valence-corrected chi connectivity index (χ0v) is 16.0. The van der Waals surface area contributed by atoms with Crippen LogP contribution in [0.2, 0.25) is 0 Å². The summed E-state index contributed by atoms with van der Waals surface area (Å²) >= 11 is 0. The number of fused-ring (bicyclic) bond motifs is 1. The molecule has 0 saturated carbocycles. The number of hydrogen-bond acceptors (Lipinski definition) is 6. The van der Waals surface area contributed by atoms with E-state index in [1.807, 2.05) is 18.2 Å². The smallest absolute Gasteiger partial charge is 0.250 e. The first-order valence-corrected chi connectivity index (χ1v) is 9.50. The van der Waals surface area contributed by atoms with Gasteiger partial charge in [0.1, 0.15) is 11.6 Å². The second kappa shape index (κ2) is 7.95. The number of H-pyrrole nitrogens is 1. The van der Waals surface area contributed by atoms with E-state index in [4.69, 9.17) is 5.73 Å². The molecule has 1 aliphatic rings. The van der Waals surface area contributed by atoms with Crippen LogP contribution in [0.25, 0.3) is 22.4 Å². The summed E-state index contributed by atoms with van der Waals surface area (Å²) in [7, 11) is 2.16. The fraction of sp³-hybridized carbons (Fsp3) is 0.350. The monoisotopic (exact) mass is 379 g/mol. The molecule has 0 aliphatic carbocycles. The maximum absolute atomic E-state index is 11.6. The van der Waals surface area contributed by atoms with Gasteiger partial charge in [0.05, 0.1) is 16.6 Å². The van der Waals surface area contributed by atoms with Gasteiger partial charge in [-0.05, 0) is 31.3 Å². The number of pyridine rings is 1. The summed E-state index contributed by atoms with van der Waals surface area (Å²) < 4.78 is 0. The van der Waals surface area contributed by atoms with E-state index in [-0.39, 0.29) is 0 Å². The standard InChI is InChI=1S/C20H25N7O/c1-26-9-11-27(12-10-26)8-7-22-17-6-5-14(13-23-17)20-24-16-4-2-3-15(19(21)28)18(16)25-20/h2-6,13H,7-12H2,1H3,(H2,21,28)(H,22,23)(H,24,25). The number of para-hydroxylation sites is 1. The Kier molecular flexibility index (Phi) is 5.23. The molecule has 8 heteroatoms. The van der Waals surface area contributed by atoms with Crippen LogP contribution in [0.3, 0.4) is 0 Å². The Bertz CT molecular complexity index is 958. The Balaban J connectivity index is 1.40. The summed E-state index contributed by atoms with van der Waals surface area (Å²) in [6.07, 6.45) is 1.78. The largest absolute Gasteiger partial charge is 0.369 e. The molecule has 0 bridgehead atoms. The molecule has 146 valence electrons. The van der Waals surface area contributed by atoms with E-state index in [0.29, 0.717) is 22.4 Å². The number of carbonyl (C=O) groups excluding carboxylic acids is 1. The van der Waals surface area contributed by atoms with Crippen LogP contribution in [0, 0.1) is 0 Å². The van der Waals surface area contributed by atoms with Gasteiger partial charge in [0.15, 0.2) is 0 Å². The van der Waals surface area contributed by atoms with E-state index in [0.717, 1.165) is 50.6 Å². The van der Waals surface area contributed by atoms with Crippen molar-refractivity contribution in [3.8, 4) is 11.4 Å². The summed E-state index contributed by atoms with van der Waals surface area (Å²) in [6.45, 7) is 6.36. The number of likely N-dealkylation sites (N-methyl/N-ethyl adjacent to an activating group) is 1. The quantitative estimate of drug-likeness (QED) is 0.598. The second-order valence-electron chi connectivity index (χ2n) is 7.15. The number of anilines is 1. The van der Waals surface area contributed by atoms with Gasteiger partial charge in [-0.15, -0.1) is 0 Å². The van der Waals surface area contributed by atoms with Crippen molar-refractivity contribution in [2.75, 3.05) is 51.6 Å². The minimum Gasteiger partial charge on any atom is -0.369 e. The van der Waals surface area contributed by atoms with Crippen LogP contribution >= 0.6 is 0 Å². The molecule has 1 saturated heterocycles. The van der Waals surface area contributed by atoms with Crippen molar-refractivity contribution in [1.29, 1.82) is 0 Å². The molecule has 0 atom stereocenters. The highest BCUT2D eigenvalue weighted by Gasteiger charge is 2.14. The predicted octanol–water partition coefficient (Wildman–Crippen LogP) is 1.38. The first-order valence-electron chi connectivity index (χ1n) is 9.50. The van der Waals surface area contributed by atoms with Gasteiger partial charge < -0.3 is 20.9 Å². The Morgan fingerprint density at radius 2 is 2.04 bits per heavy atom. The lowest BCUT2D eigenvalue weighted by atomic mass is 10.2. The number of benzene rings is 1. The average molecular weight is 379 g/mol. The molecule has 8 nitrogen and oxygen atoms in total. The average Bonchev–Trinajstić information content (AvgIpc) is 3.14. The molecule has 4 rings (SSSR count). The number of aromatic nitrogens is 3. The van der Waals surface area contributed by atoms with Gasteiger partial charge in [-0.3, -0.25) is 9.69 Å². The number of rotatable bonds is 6. The molecular weight excluding hydrogens is 354 g/mol. The number of piperazine rings is 1. The van der Waals surface area contributed by atoms with Crippen molar-refractivity contribution in [2.24, 2.45) is 5.73 Å². The fourth-order valence-electron chi connectivity index (χ4n) is 3.43. The first-order chi connectivity index (χ1) is 13.6. The summed E-state index contributed by atoms with van der Waals surface area (Å²) in [5.41, 5.74) is 8.10. The molecule has 2 aromatic heterocycles. The maximum atomic E-state index is 11.6. The molecule has 4 N–H and O–H groups in total. The van der Waals surface area contributed by atoms with E-state index < -0.39 is 5.91 Å². The summed E-state index contributed by atoms with van der Waals surface area (Å²) in [4.78, 5) is 28.6. The molecule has 1 aromatic carbocycles. The third-order valence-electron chi connectivity index (χ3n) is 5.15. The van der Waals surface area contributed by atoms with Gasteiger partial charge in [-0.25, -0.2) is 9.97 Å². The van der Waals surface area contributed by atoms with Gasteiger partial charge in [-0.1, -0.05) is 6.07 Å². The molecule has 1 aliphatic heterocycles. The lowest BCUT2D eigenvalue weighted by molar-refractivity contribution is 0.100. The summed E-state index contributed by atoms with van der Waals surface area (Å²) in [5.74, 6) is 1.03. The minimum atomic E-state index is -0.473. The number of nitrogens with two attached hydrogens (primary N) is 1. The topological polar surface area (TPSA) is 103 Å². The first kappa shape index (κ1) is 18.4. The fourth-order valence-corrected chi connectivity index (χ4v) is 3.43. The maximum Gasteiger partial charge on any atom is 0.250 e. The van der Waals surface area contributed by atoms with Crippen LogP contribution in [-0.4, -0.2) is 77.0 Å². The van der Waals surface area contributed by atoms with Crippen molar-refractivity contribution in [1.82, 2.24) is 24.8 Å². The van der Waals surface area contributed by atoms with Gasteiger partial charge in [0.25, 0.3) is 5.91 Å². The number of nitrogens with zero attached hydrogens (tertiary/aromatic N) is 4. The van der Waals surface area contributed by atoms with Crippen molar-refractivity contribution in [2.45, 2.75) is 0 Å². The highest BCUT2D eigenvalue weighted by Crippen LogP contribution is 2.23. The minimum absolute atomic E-state index is 0.436. The van der Waals surface area contributed by atoms with Crippen LogP contribution in [-0.2, 0) is 0 Å². The van der Waals surface area contributed by atoms with E-state index in [2.05, 4.69) is 37.1 Å². The van der Waals surface area contributed by atoms with Crippen LogP contribution in [0.15, 0.2) is 36.5 Å². The number of carbonyl (C=O) groups is 1. The van der Waals surface area contributed by atoms with E-state index in [1.165, 1.54) is 0 Å². The predicted molar refractivity (Wildman–Crippen MR) is 110 cm³/mol. The van der Waals surface area contributed by atoms with Gasteiger partial charge in [0.2, 0.25) is 0 Å². The van der Waals surface area contributed by atoms with E-state index in [1.54, 1.807) is 18.3 Å². The second-order valence-corrected chi connectivity index (χ2v) is 7.15. The number of hydrogen-bond donors (Lipinski definition) is 3. The Morgan fingerprint density at radius 3 is 2.75 bits per heavy atom. The summed E-state index contributed by atoms with van der Waals surface area (Å²) in [5, 5.41) is 3.37. The Hall–Kier alpha value is -2.97. The van der Waals surface area contributed by atoms with Gasteiger partial charge in [0, 0.05) is 51.0 Å². The Morgan fingerprint density at radius 1 is 1.21 bits per heavy atom. The van der Waals surface area contributed by atoms with Crippen molar-refractivity contribution in [3.05, 3.63) is 42.1 Å².